The summed E-state index contributed by atoms with van der Waals surface area (Å²) in [5, 5.41) is 0.713. The van der Waals surface area contributed by atoms with Crippen LogP contribution in [0.4, 0.5) is 0 Å². The molecule has 0 saturated carbocycles. The summed E-state index contributed by atoms with van der Waals surface area (Å²) in [5.74, 6) is 1.63. The van der Waals surface area contributed by atoms with E-state index in [0.29, 0.717) is 5.02 Å². The van der Waals surface area contributed by atoms with Gasteiger partial charge < -0.3 is 9.64 Å². The molecule has 0 N–H and O–H groups in total. The van der Waals surface area contributed by atoms with Gasteiger partial charge in [0.15, 0.2) is 0 Å². The maximum atomic E-state index is 5.90. The Kier molecular flexibility index (Phi) is 6.73. The molecule has 0 aromatic heterocycles. The molecule has 2 aromatic rings. The first-order chi connectivity index (χ1) is 12.6. The van der Waals surface area contributed by atoms with Crippen molar-refractivity contribution in [2.75, 3.05) is 39.3 Å². The molecule has 2 aromatic carbocycles. The van der Waals surface area contributed by atoms with Crippen LogP contribution in [0.5, 0.6) is 11.5 Å². The van der Waals surface area contributed by atoms with Gasteiger partial charge in [0.2, 0.25) is 0 Å². The Morgan fingerprint density at radius 1 is 0.923 bits per heavy atom. The molecule has 0 aliphatic carbocycles. The molecule has 26 heavy (non-hydrogen) atoms. The highest BCUT2D eigenvalue weighted by molar-refractivity contribution is 6.30. The Morgan fingerprint density at radius 2 is 1.46 bits per heavy atom. The van der Waals surface area contributed by atoms with E-state index >= 15 is 0 Å². The van der Waals surface area contributed by atoms with E-state index < -0.39 is 0 Å². The van der Waals surface area contributed by atoms with Gasteiger partial charge in [-0.2, -0.15) is 0 Å². The highest BCUT2D eigenvalue weighted by atomic mass is 35.5. The monoisotopic (exact) mass is 370 g/mol. The van der Waals surface area contributed by atoms with Crippen molar-refractivity contribution in [3.63, 3.8) is 0 Å². The molecule has 4 heteroatoms. The summed E-state index contributed by atoms with van der Waals surface area (Å²) in [6.45, 7) is 11.3. The molecule has 1 aliphatic rings. The van der Waals surface area contributed by atoms with Crippen LogP contribution in [0.25, 0.3) is 5.57 Å². The van der Waals surface area contributed by atoms with Crippen LogP contribution in [0.1, 0.15) is 19.4 Å². The van der Waals surface area contributed by atoms with Crippen LogP contribution in [0.2, 0.25) is 5.02 Å². The zero-order chi connectivity index (χ0) is 18.4. The van der Waals surface area contributed by atoms with Crippen LogP contribution in [0.15, 0.2) is 54.6 Å². The zero-order valence-corrected chi connectivity index (χ0v) is 16.4. The molecule has 138 valence electrons. The minimum atomic E-state index is 0.713. The number of hydrogen-bond acceptors (Lipinski definition) is 3. The average Bonchev–Trinajstić information content (AvgIpc) is 2.69. The van der Waals surface area contributed by atoms with Gasteiger partial charge in [0, 0.05) is 37.7 Å². The number of halogens is 1. The molecular weight excluding hydrogens is 344 g/mol. The minimum absolute atomic E-state index is 0.713. The molecule has 3 rings (SSSR count). The Bertz CT molecular complexity index is 717. The summed E-state index contributed by atoms with van der Waals surface area (Å²) in [6, 6.07) is 15.7. The zero-order valence-electron chi connectivity index (χ0n) is 15.6. The predicted octanol–water partition coefficient (Wildman–Crippen LogP) is 5.17. The van der Waals surface area contributed by atoms with Gasteiger partial charge in [-0.25, -0.2) is 0 Å². The number of hydrogen-bond donors (Lipinski definition) is 0. The second kappa shape index (κ2) is 9.22. The van der Waals surface area contributed by atoms with E-state index in [4.69, 9.17) is 16.3 Å². The van der Waals surface area contributed by atoms with E-state index in [1.807, 2.05) is 36.4 Å². The largest absolute Gasteiger partial charge is 0.457 e. The van der Waals surface area contributed by atoms with Gasteiger partial charge in [-0.3, -0.25) is 4.90 Å². The van der Waals surface area contributed by atoms with Gasteiger partial charge in [-0.1, -0.05) is 36.7 Å². The van der Waals surface area contributed by atoms with E-state index in [0.717, 1.165) is 37.7 Å². The van der Waals surface area contributed by atoms with Crippen LogP contribution in [0.3, 0.4) is 0 Å². The Balaban J connectivity index is 1.54. The maximum Gasteiger partial charge on any atom is 0.127 e. The Morgan fingerprint density at radius 3 is 2.04 bits per heavy atom. The van der Waals surface area contributed by atoms with Crippen molar-refractivity contribution in [2.45, 2.75) is 13.8 Å². The number of piperazine rings is 1. The normalized spacial score (nSPS) is 16.7. The van der Waals surface area contributed by atoms with E-state index in [-0.39, 0.29) is 0 Å². The first-order valence-electron chi connectivity index (χ1n) is 9.29. The van der Waals surface area contributed by atoms with E-state index in [1.54, 1.807) is 0 Å². The third kappa shape index (κ3) is 5.34. The lowest BCUT2D eigenvalue weighted by atomic mass is 10.1. The van der Waals surface area contributed by atoms with Crippen molar-refractivity contribution >= 4 is 17.2 Å². The molecule has 0 spiro atoms. The molecule has 0 radical (unpaired) electrons. The van der Waals surface area contributed by atoms with Gasteiger partial charge in [0.1, 0.15) is 11.5 Å². The second-order valence-corrected chi connectivity index (χ2v) is 7.14. The summed E-state index contributed by atoms with van der Waals surface area (Å²) < 4.78 is 5.85. The van der Waals surface area contributed by atoms with Crippen LogP contribution in [0, 0.1) is 0 Å². The summed E-state index contributed by atoms with van der Waals surface area (Å²) >= 11 is 5.90. The standard InChI is InChI=1S/C22H27ClN2O/c1-3-24-14-16-25(17-15-24)13-12-18(2)19-4-8-21(9-5-19)26-22-10-6-20(23)7-11-22/h4-12H,3,13-17H2,1-2H3. The number of nitrogens with zero attached hydrogens (tertiary/aromatic N) is 2. The fourth-order valence-corrected chi connectivity index (χ4v) is 3.22. The molecule has 1 heterocycles. The van der Waals surface area contributed by atoms with Gasteiger partial charge >= 0.3 is 0 Å². The second-order valence-electron chi connectivity index (χ2n) is 6.70. The van der Waals surface area contributed by atoms with E-state index in [2.05, 4.69) is 41.9 Å². The highest BCUT2D eigenvalue weighted by Crippen LogP contribution is 2.25. The first kappa shape index (κ1) is 19.0. The summed E-state index contributed by atoms with van der Waals surface area (Å²) in [6.07, 6.45) is 2.33. The molecule has 3 nitrogen and oxygen atoms in total. The molecule has 0 unspecified atom stereocenters. The number of rotatable bonds is 6. The molecule has 1 aliphatic heterocycles. The summed E-state index contributed by atoms with van der Waals surface area (Å²) in [5.41, 5.74) is 2.54. The van der Waals surface area contributed by atoms with Crippen molar-refractivity contribution in [3.05, 3.63) is 65.2 Å². The molecule has 0 bridgehead atoms. The summed E-state index contributed by atoms with van der Waals surface area (Å²) in [4.78, 5) is 5.03. The van der Waals surface area contributed by atoms with Crippen molar-refractivity contribution < 1.29 is 4.74 Å². The Labute approximate surface area is 161 Å². The van der Waals surface area contributed by atoms with Crippen molar-refractivity contribution in [1.29, 1.82) is 0 Å². The number of ether oxygens (including phenoxy) is 1. The lowest BCUT2D eigenvalue weighted by Gasteiger charge is -2.33. The summed E-state index contributed by atoms with van der Waals surface area (Å²) in [7, 11) is 0. The number of allylic oxidation sites excluding steroid dienone is 1. The van der Waals surface area contributed by atoms with E-state index in [1.165, 1.54) is 24.2 Å². The first-order valence-corrected chi connectivity index (χ1v) is 9.67. The van der Waals surface area contributed by atoms with Crippen LogP contribution < -0.4 is 4.74 Å². The predicted molar refractivity (Wildman–Crippen MR) is 110 cm³/mol. The fraction of sp³-hybridized carbons (Fsp3) is 0.364. The maximum absolute atomic E-state index is 5.90. The lowest BCUT2D eigenvalue weighted by Crippen LogP contribution is -2.46. The molecule has 1 saturated heterocycles. The quantitative estimate of drug-likeness (QED) is 0.697. The number of benzene rings is 2. The van der Waals surface area contributed by atoms with Crippen molar-refractivity contribution in [3.8, 4) is 11.5 Å². The van der Waals surface area contributed by atoms with Gasteiger partial charge in [0.25, 0.3) is 0 Å². The minimum Gasteiger partial charge on any atom is -0.457 e. The Hall–Kier alpha value is -1.81. The SMILES string of the molecule is CCN1CCN(CC=C(C)c2ccc(Oc3ccc(Cl)cc3)cc2)CC1. The molecule has 1 fully saturated rings. The van der Waals surface area contributed by atoms with Gasteiger partial charge in [0.05, 0.1) is 0 Å². The lowest BCUT2D eigenvalue weighted by molar-refractivity contribution is 0.148. The third-order valence-corrected chi connectivity index (χ3v) is 5.18. The molecular formula is C22H27ClN2O. The van der Waals surface area contributed by atoms with Gasteiger partial charge in [-0.05, 0) is 61.0 Å². The molecule has 0 atom stereocenters. The third-order valence-electron chi connectivity index (χ3n) is 4.93. The fourth-order valence-electron chi connectivity index (χ4n) is 3.10. The van der Waals surface area contributed by atoms with Crippen LogP contribution >= 0.6 is 11.6 Å². The van der Waals surface area contributed by atoms with Crippen molar-refractivity contribution in [2.24, 2.45) is 0 Å². The number of likely N-dealkylation sites (N-methyl/N-ethyl adjacent to an activating group) is 1. The van der Waals surface area contributed by atoms with Gasteiger partial charge in [-0.15, -0.1) is 0 Å². The molecule has 0 amide bonds. The van der Waals surface area contributed by atoms with E-state index in [9.17, 15) is 0 Å². The van der Waals surface area contributed by atoms with Crippen LogP contribution in [-0.2, 0) is 0 Å². The smallest absolute Gasteiger partial charge is 0.127 e. The van der Waals surface area contributed by atoms with Crippen molar-refractivity contribution in [1.82, 2.24) is 9.80 Å². The average molecular weight is 371 g/mol. The highest BCUT2D eigenvalue weighted by Gasteiger charge is 2.14. The van der Waals surface area contributed by atoms with Crippen LogP contribution in [-0.4, -0.2) is 49.1 Å². The topological polar surface area (TPSA) is 15.7 Å².